The fourth-order valence-electron chi connectivity index (χ4n) is 4.32. The van der Waals surface area contributed by atoms with Crippen LogP contribution in [0.4, 0.5) is 0 Å². The molecule has 0 radical (unpaired) electrons. The summed E-state index contributed by atoms with van der Waals surface area (Å²) in [7, 11) is 0. The van der Waals surface area contributed by atoms with Crippen molar-refractivity contribution < 1.29 is 9.84 Å². The van der Waals surface area contributed by atoms with E-state index in [9.17, 15) is 5.11 Å². The molecule has 2 aliphatic rings. The van der Waals surface area contributed by atoms with Gasteiger partial charge in [0.05, 0.1) is 18.3 Å². The summed E-state index contributed by atoms with van der Waals surface area (Å²) in [4.78, 5) is 0. The lowest BCUT2D eigenvalue weighted by Gasteiger charge is -2.42. The minimum Gasteiger partial charge on any atom is -0.390 e. The molecule has 2 fully saturated rings. The average Bonchev–Trinajstić information content (AvgIpc) is 2.29. The summed E-state index contributed by atoms with van der Waals surface area (Å²) < 4.78 is 6.33. The predicted molar refractivity (Wildman–Crippen MR) is 79.1 cm³/mol. The van der Waals surface area contributed by atoms with E-state index in [1.54, 1.807) is 0 Å². The number of hydrogen-bond acceptors (Lipinski definition) is 2. The summed E-state index contributed by atoms with van der Waals surface area (Å²) in [6, 6.07) is 0. The van der Waals surface area contributed by atoms with Gasteiger partial charge >= 0.3 is 0 Å². The van der Waals surface area contributed by atoms with E-state index in [0.717, 1.165) is 31.1 Å². The van der Waals surface area contributed by atoms with Crippen molar-refractivity contribution in [3.8, 4) is 0 Å². The first-order valence-electron chi connectivity index (χ1n) is 8.23. The molecule has 19 heavy (non-hydrogen) atoms. The Labute approximate surface area is 118 Å². The molecule has 5 atom stereocenters. The highest BCUT2D eigenvalue weighted by Crippen LogP contribution is 2.41. The summed E-state index contributed by atoms with van der Waals surface area (Å²) in [5.41, 5.74) is 0.395. The predicted octanol–water partition coefficient (Wildman–Crippen LogP) is 4.16. The van der Waals surface area contributed by atoms with Crippen molar-refractivity contribution >= 4 is 0 Å². The zero-order valence-electron chi connectivity index (χ0n) is 13.2. The van der Waals surface area contributed by atoms with Crippen molar-refractivity contribution in [1.82, 2.24) is 0 Å². The number of ether oxygens (including phenoxy) is 1. The van der Waals surface area contributed by atoms with Crippen molar-refractivity contribution in [3.63, 3.8) is 0 Å². The van der Waals surface area contributed by atoms with Crippen LogP contribution in [0, 0.1) is 17.3 Å². The lowest BCUT2D eigenvalue weighted by atomic mass is 9.71. The average molecular weight is 268 g/mol. The van der Waals surface area contributed by atoms with Crippen LogP contribution in [0.3, 0.4) is 0 Å². The fourth-order valence-corrected chi connectivity index (χ4v) is 4.32. The van der Waals surface area contributed by atoms with Gasteiger partial charge in [-0.3, -0.25) is 0 Å². The van der Waals surface area contributed by atoms with E-state index in [4.69, 9.17) is 4.74 Å². The fraction of sp³-hybridized carbons (Fsp3) is 1.00. The zero-order valence-corrected chi connectivity index (χ0v) is 13.2. The Bertz CT molecular complexity index is 287. The molecule has 2 saturated carbocycles. The Morgan fingerprint density at radius 3 is 2.53 bits per heavy atom. The molecule has 0 aromatic rings. The van der Waals surface area contributed by atoms with E-state index in [0.29, 0.717) is 11.5 Å². The largest absolute Gasteiger partial charge is 0.390 e. The molecule has 0 aliphatic heterocycles. The van der Waals surface area contributed by atoms with Crippen molar-refractivity contribution in [2.75, 3.05) is 0 Å². The van der Waals surface area contributed by atoms with Gasteiger partial charge in [-0.05, 0) is 55.8 Å². The minimum atomic E-state index is -0.233. The maximum atomic E-state index is 10.2. The highest BCUT2D eigenvalue weighted by Gasteiger charge is 2.36. The smallest absolute Gasteiger partial charge is 0.0840 e. The molecule has 0 saturated heterocycles. The third kappa shape index (κ3) is 4.19. The summed E-state index contributed by atoms with van der Waals surface area (Å²) in [6.07, 6.45) is 8.21. The monoisotopic (exact) mass is 268 g/mol. The summed E-state index contributed by atoms with van der Waals surface area (Å²) in [5, 5.41) is 10.2. The van der Waals surface area contributed by atoms with Gasteiger partial charge in [-0.1, -0.05) is 34.1 Å². The maximum absolute atomic E-state index is 10.2. The third-order valence-corrected chi connectivity index (χ3v) is 5.16. The lowest BCUT2D eigenvalue weighted by molar-refractivity contribution is -0.129. The molecule has 0 bridgehead atoms. The zero-order chi connectivity index (χ0) is 14.0. The molecule has 0 spiro atoms. The van der Waals surface area contributed by atoms with Gasteiger partial charge in [0.2, 0.25) is 0 Å². The van der Waals surface area contributed by atoms with Gasteiger partial charge in [0, 0.05) is 0 Å². The second-order valence-electron chi connectivity index (χ2n) is 7.86. The summed E-state index contributed by atoms with van der Waals surface area (Å²) in [5.74, 6) is 1.50. The molecule has 2 rings (SSSR count). The summed E-state index contributed by atoms with van der Waals surface area (Å²) in [6.45, 7) is 9.30. The molecule has 112 valence electrons. The van der Waals surface area contributed by atoms with Gasteiger partial charge in [-0.2, -0.15) is 0 Å². The van der Waals surface area contributed by atoms with Crippen LogP contribution in [0.1, 0.15) is 72.6 Å². The number of aliphatic hydroxyl groups is 1. The highest BCUT2D eigenvalue weighted by atomic mass is 16.5. The van der Waals surface area contributed by atoms with E-state index in [-0.39, 0.29) is 12.2 Å². The molecular weight excluding hydrogens is 236 g/mol. The molecule has 1 N–H and O–H groups in total. The van der Waals surface area contributed by atoms with Crippen LogP contribution in [0.2, 0.25) is 0 Å². The molecule has 0 heterocycles. The first-order chi connectivity index (χ1) is 8.89. The van der Waals surface area contributed by atoms with Crippen LogP contribution < -0.4 is 0 Å². The highest BCUT2D eigenvalue weighted by molar-refractivity contribution is 4.86. The first-order valence-corrected chi connectivity index (χ1v) is 8.23. The number of hydrogen-bond donors (Lipinski definition) is 1. The molecule has 0 amide bonds. The Balaban J connectivity index is 1.91. The van der Waals surface area contributed by atoms with Gasteiger partial charge in [0.15, 0.2) is 0 Å². The molecule has 0 aromatic heterocycles. The molecule has 2 nitrogen and oxygen atoms in total. The van der Waals surface area contributed by atoms with E-state index in [2.05, 4.69) is 27.7 Å². The normalized spacial score (nSPS) is 43.1. The van der Waals surface area contributed by atoms with Crippen LogP contribution in [-0.2, 0) is 4.74 Å². The quantitative estimate of drug-likeness (QED) is 0.833. The van der Waals surface area contributed by atoms with E-state index < -0.39 is 0 Å². The van der Waals surface area contributed by atoms with Gasteiger partial charge in [0.25, 0.3) is 0 Å². The standard InChI is InChI=1S/C17H32O2/c1-5-13-6-7-15(18)16(9-13)19-14-8-12(2)10-17(3,4)11-14/h12-16,18H,5-11H2,1-4H3. The minimum absolute atomic E-state index is 0.0878. The van der Waals surface area contributed by atoms with Gasteiger partial charge in [-0.15, -0.1) is 0 Å². The van der Waals surface area contributed by atoms with Crippen LogP contribution in [0.15, 0.2) is 0 Å². The third-order valence-electron chi connectivity index (χ3n) is 5.16. The van der Waals surface area contributed by atoms with Crippen molar-refractivity contribution in [1.29, 1.82) is 0 Å². The van der Waals surface area contributed by atoms with Gasteiger partial charge in [-0.25, -0.2) is 0 Å². The number of rotatable bonds is 3. The Morgan fingerprint density at radius 1 is 1.16 bits per heavy atom. The maximum Gasteiger partial charge on any atom is 0.0840 e. The Hall–Kier alpha value is -0.0800. The van der Waals surface area contributed by atoms with Gasteiger partial charge in [0.1, 0.15) is 0 Å². The second kappa shape index (κ2) is 6.13. The first kappa shape index (κ1) is 15.3. The van der Waals surface area contributed by atoms with Crippen LogP contribution in [-0.4, -0.2) is 23.4 Å². The van der Waals surface area contributed by atoms with Crippen molar-refractivity contribution in [3.05, 3.63) is 0 Å². The SMILES string of the molecule is CCC1CCC(O)C(OC2CC(C)CC(C)(C)C2)C1. The number of aliphatic hydroxyl groups excluding tert-OH is 1. The Kier molecular flexibility index (Phi) is 4.94. The van der Waals surface area contributed by atoms with Crippen LogP contribution in [0.5, 0.6) is 0 Å². The van der Waals surface area contributed by atoms with Crippen molar-refractivity contribution in [2.45, 2.75) is 91.0 Å². The molecule has 2 heteroatoms. The molecule has 2 aliphatic carbocycles. The van der Waals surface area contributed by atoms with Crippen LogP contribution >= 0.6 is 0 Å². The van der Waals surface area contributed by atoms with E-state index in [1.807, 2.05) is 0 Å². The Morgan fingerprint density at radius 2 is 1.89 bits per heavy atom. The van der Waals surface area contributed by atoms with E-state index in [1.165, 1.54) is 25.7 Å². The van der Waals surface area contributed by atoms with Crippen LogP contribution in [0.25, 0.3) is 0 Å². The molecule has 5 unspecified atom stereocenters. The molecule has 0 aromatic carbocycles. The molecular formula is C17H32O2. The van der Waals surface area contributed by atoms with E-state index >= 15 is 0 Å². The topological polar surface area (TPSA) is 29.5 Å². The van der Waals surface area contributed by atoms with Gasteiger partial charge < -0.3 is 9.84 Å². The van der Waals surface area contributed by atoms with Crippen molar-refractivity contribution in [2.24, 2.45) is 17.3 Å². The second-order valence-corrected chi connectivity index (χ2v) is 7.86. The lowest BCUT2D eigenvalue weighted by Crippen LogP contribution is -2.41. The summed E-state index contributed by atoms with van der Waals surface area (Å²) >= 11 is 0.